The van der Waals surface area contributed by atoms with Crippen LogP contribution in [0.3, 0.4) is 0 Å². The predicted octanol–water partition coefficient (Wildman–Crippen LogP) is 4.05. The van der Waals surface area contributed by atoms with E-state index < -0.39 is 4.92 Å². The van der Waals surface area contributed by atoms with E-state index in [2.05, 4.69) is 15.8 Å². The Kier molecular flexibility index (Phi) is 4.71. The van der Waals surface area contributed by atoms with Crippen molar-refractivity contribution in [3.63, 3.8) is 0 Å². The topological polar surface area (TPSA) is 92.7 Å². The lowest BCUT2D eigenvalue weighted by Gasteiger charge is -2.07. The Balaban J connectivity index is 1.71. The smallest absolute Gasteiger partial charge is 0.292 e. The Morgan fingerprint density at radius 1 is 1.20 bits per heavy atom. The quantitative estimate of drug-likeness (QED) is 0.318. The number of nitrogens with one attached hydrogen (secondary N) is 2. The third-order valence-electron chi connectivity index (χ3n) is 3.46. The molecule has 25 heavy (non-hydrogen) atoms. The van der Waals surface area contributed by atoms with Crippen molar-refractivity contribution in [2.45, 2.75) is 6.92 Å². The molecule has 1 heterocycles. The van der Waals surface area contributed by atoms with Crippen LogP contribution in [-0.4, -0.2) is 15.7 Å². The molecule has 7 nitrogen and oxygen atoms in total. The second-order valence-electron chi connectivity index (χ2n) is 5.19. The van der Waals surface area contributed by atoms with Crippen LogP contribution in [0, 0.1) is 10.1 Å². The molecule has 0 aliphatic heterocycles. The van der Waals surface area contributed by atoms with Gasteiger partial charge in [0.15, 0.2) is 10.9 Å². The van der Waals surface area contributed by atoms with Crippen LogP contribution in [-0.2, 0) is 0 Å². The molecule has 0 bridgehead atoms. The highest BCUT2D eigenvalue weighted by atomic mass is 32.1. The van der Waals surface area contributed by atoms with Gasteiger partial charge in [-0.25, -0.2) is 0 Å². The minimum Gasteiger partial charge on any atom is -0.455 e. The van der Waals surface area contributed by atoms with Crippen molar-refractivity contribution in [1.82, 2.24) is 5.43 Å². The van der Waals surface area contributed by atoms with Crippen LogP contribution in [0.4, 0.5) is 11.4 Å². The lowest BCUT2D eigenvalue weighted by molar-refractivity contribution is -0.383. The van der Waals surface area contributed by atoms with Gasteiger partial charge < -0.3 is 9.73 Å². The predicted molar refractivity (Wildman–Crippen MR) is 101 cm³/mol. The molecule has 3 aromatic rings. The fraction of sp³-hybridized carbons (Fsp3) is 0.0588. The number of anilines is 1. The molecule has 2 aromatic carbocycles. The van der Waals surface area contributed by atoms with E-state index in [1.807, 2.05) is 30.3 Å². The molecule has 3 rings (SSSR count). The van der Waals surface area contributed by atoms with E-state index >= 15 is 0 Å². The minimum atomic E-state index is -0.478. The van der Waals surface area contributed by atoms with Gasteiger partial charge in [-0.05, 0) is 37.3 Å². The zero-order chi connectivity index (χ0) is 17.8. The van der Waals surface area contributed by atoms with E-state index in [9.17, 15) is 10.1 Å². The van der Waals surface area contributed by atoms with Gasteiger partial charge in [0.25, 0.3) is 5.69 Å². The molecule has 8 heteroatoms. The van der Waals surface area contributed by atoms with Crippen LogP contribution in [0.5, 0.6) is 0 Å². The van der Waals surface area contributed by atoms with Gasteiger partial charge in [-0.15, -0.1) is 0 Å². The summed E-state index contributed by atoms with van der Waals surface area (Å²) in [7, 11) is 0. The van der Waals surface area contributed by atoms with E-state index in [-0.39, 0.29) is 10.8 Å². The number of benzene rings is 2. The summed E-state index contributed by atoms with van der Waals surface area (Å²) in [6.07, 6.45) is 0. The van der Waals surface area contributed by atoms with Crippen molar-refractivity contribution in [1.29, 1.82) is 0 Å². The molecule has 0 spiro atoms. The number of furan rings is 1. The number of hydrazone groups is 1. The molecule has 0 aliphatic rings. The Hall–Kier alpha value is -3.26. The summed E-state index contributed by atoms with van der Waals surface area (Å²) in [5, 5.41) is 19.0. The normalized spacial score (nSPS) is 11.3. The van der Waals surface area contributed by atoms with Gasteiger partial charge in [0, 0.05) is 11.5 Å². The van der Waals surface area contributed by atoms with Gasteiger partial charge in [-0.3, -0.25) is 15.5 Å². The Bertz CT molecular complexity index is 948. The minimum absolute atomic E-state index is 0.0652. The van der Waals surface area contributed by atoms with Gasteiger partial charge in [-0.2, -0.15) is 5.10 Å². The first-order chi connectivity index (χ1) is 12.0. The maximum absolute atomic E-state index is 11.0. The highest BCUT2D eigenvalue weighted by Crippen LogP contribution is 2.23. The van der Waals surface area contributed by atoms with Gasteiger partial charge in [0.05, 0.1) is 4.92 Å². The van der Waals surface area contributed by atoms with Crippen molar-refractivity contribution in [3.05, 3.63) is 70.5 Å². The second-order valence-corrected chi connectivity index (χ2v) is 5.59. The first-order valence-corrected chi connectivity index (χ1v) is 7.79. The Morgan fingerprint density at radius 3 is 2.68 bits per heavy atom. The van der Waals surface area contributed by atoms with Crippen LogP contribution >= 0.6 is 12.2 Å². The number of thiocarbonyl (C=S) groups is 1. The van der Waals surface area contributed by atoms with Crippen molar-refractivity contribution in [3.8, 4) is 0 Å². The number of hydrogen-bond acceptors (Lipinski definition) is 5. The summed E-state index contributed by atoms with van der Waals surface area (Å²) in [5.41, 5.74) is 4.26. The molecular formula is C17H14N4O3S. The average Bonchev–Trinajstić information content (AvgIpc) is 3.04. The maximum Gasteiger partial charge on any atom is 0.292 e. The van der Waals surface area contributed by atoms with Gasteiger partial charge in [0.2, 0.25) is 0 Å². The first-order valence-electron chi connectivity index (χ1n) is 7.38. The second kappa shape index (κ2) is 7.10. The number of rotatable bonds is 4. The fourth-order valence-electron chi connectivity index (χ4n) is 2.24. The Morgan fingerprint density at radius 2 is 1.92 bits per heavy atom. The maximum atomic E-state index is 11.0. The molecule has 126 valence electrons. The molecule has 0 unspecified atom stereocenters. The number of fused-ring (bicyclic) bond motifs is 1. The third kappa shape index (κ3) is 3.81. The summed E-state index contributed by atoms with van der Waals surface area (Å²) in [5.74, 6) is 0.613. The molecule has 0 amide bonds. The molecule has 0 saturated carbocycles. The molecule has 2 N–H and O–H groups in total. The standard InChI is InChI=1S/C17H14N4O3S/c1-11(16-10-12-6-2-5-9-15(12)24-16)19-20-17(25)18-13-7-3-4-8-14(13)21(22)23/h2-10H,1H3,(H2,18,20,25)/b19-11-. The molecular weight excluding hydrogens is 340 g/mol. The van der Waals surface area contributed by atoms with Crippen molar-refractivity contribution >= 4 is 45.4 Å². The summed E-state index contributed by atoms with van der Waals surface area (Å²) in [4.78, 5) is 10.5. The van der Waals surface area contributed by atoms with Crippen LogP contribution in [0.1, 0.15) is 12.7 Å². The van der Waals surface area contributed by atoms with E-state index in [1.165, 1.54) is 6.07 Å². The van der Waals surface area contributed by atoms with Crippen molar-refractivity contribution in [2.24, 2.45) is 5.10 Å². The lowest BCUT2D eigenvalue weighted by atomic mass is 10.2. The van der Waals surface area contributed by atoms with E-state index in [4.69, 9.17) is 16.6 Å². The van der Waals surface area contributed by atoms with E-state index in [1.54, 1.807) is 25.1 Å². The molecule has 0 saturated heterocycles. The van der Waals surface area contributed by atoms with E-state index in [0.717, 1.165) is 11.0 Å². The first kappa shape index (κ1) is 16.6. The Labute approximate surface area is 148 Å². The molecule has 0 fully saturated rings. The number of nitro groups is 1. The average molecular weight is 354 g/mol. The zero-order valence-electron chi connectivity index (χ0n) is 13.2. The molecule has 0 radical (unpaired) electrons. The fourth-order valence-corrected chi connectivity index (χ4v) is 2.39. The molecule has 0 aliphatic carbocycles. The van der Waals surface area contributed by atoms with Crippen LogP contribution in [0.15, 0.2) is 64.1 Å². The summed E-state index contributed by atoms with van der Waals surface area (Å²) in [6.45, 7) is 1.78. The number of nitrogens with zero attached hydrogens (tertiary/aromatic N) is 2. The number of hydrogen-bond donors (Lipinski definition) is 2. The molecule has 0 atom stereocenters. The van der Waals surface area contributed by atoms with Crippen LogP contribution in [0.25, 0.3) is 11.0 Å². The van der Waals surface area contributed by atoms with Gasteiger partial charge in [0.1, 0.15) is 17.0 Å². The van der Waals surface area contributed by atoms with E-state index in [0.29, 0.717) is 17.2 Å². The van der Waals surface area contributed by atoms with Gasteiger partial charge >= 0.3 is 0 Å². The van der Waals surface area contributed by atoms with Crippen molar-refractivity contribution in [2.75, 3.05) is 5.32 Å². The van der Waals surface area contributed by atoms with Gasteiger partial charge in [-0.1, -0.05) is 30.3 Å². The van der Waals surface area contributed by atoms with Crippen LogP contribution < -0.4 is 10.7 Å². The monoisotopic (exact) mass is 354 g/mol. The van der Waals surface area contributed by atoms with Crippen LogP contribution in [0.2, 0.25) is 0 Å². The highest BCUT2D eigenvalue weighted by molar-refractivity contribution is 7.80. The van der Waals surface area contributed by atoms with Crippen molar-refractivity contribution < 1.29 is 9.34 Å². The lowest BCUT2D eigenvalue weighted by Crippen LogP contribution is -2.25. The summed E-state index contributed by atoms with van der Waals surface area (Å²) in [6, 6.07) is 15.8. The SMILES string of the molecule is C/C(=N/NC(=S)Nc1ccccc1[N+](=O)[O-])c1cc2ccccc2o1. The number of nitro benzene ring substituents is 1. The summed E-state index contributed by atoms with van der Waals surface area (Å²) >= 11 is 5.13. The largest absolute Gasteiger partial charge is 0.455 e. The summed E-state index contributed by atoms with van der Waals surface area (Å²) < 4.78 is 5.71. The zero-order valence-corrected chi connectivity index (χ0v) is 14.0. The molecule has 1 aromatic heterocycles. The third-order valence-corrected chi connectivity index (χ3v) is 3.65. The number of para-hydroxylation sites is 3. The highest BCUT2D eigenvalue weighted by Gasteiger charge is 2.13.